The van der Waals surface area contributed by atoms with Crippen molar-refractivity contribution in [1.29, 1.82) is 0 Å². The Bertz CT molecular complexity index is 606. The van der Waals surface area contributed by atoms with Gasteiger partial charge in [0, 0.05) is 35.9 Å². The summed E-state index contributed by atoms with van der Waals surface area (Å²) in [6, 6.07) is 7.83. The Morgan fingerprint density at radius 2 is 2.10 bits per heavy atom. The second kappa shape index (κ2) is 5.81. The Balaban J connectivity index is 1.64. The summed E-state index contributed by atoms with van der Waals surface area (Å²) in [5.41, 5.74) is 0.789. The van der Waals surface area contributed by atoms with Crippen molar-refractivity contribution in [2.45, 2.75) is 18.0 Å². The maximum absolute atomic E-state index is 12.3. The van der Waals surface area contributed by atoms with Crippen LogP contribution in [0, 0.1) is 0 Å². The summed E-state index contributed by atoms with van der Waals surface area (Å²) < 4.78 is 2.15. The Labute approximate surface area is 122 Å². The molecule has 0 N–H and O–H groups in total. The number of thioether (sulfide) groups is 1. The van der Waals surface area contributed by atoms with E-state index in [1.54, 1.807) is 11.8 Å². The quantitative estimate of drug-likeness (QED) is 0.639. The molecule has 4 nitrogen and oxygen atoms in total. The smallest absolute Gasteiger partial charge is 0.176 e. The average Bonchev–Trinajstić information content (AvgIpc) is 2.95. The molecule has 2 aromatic rings. The topological polar surface area (TPSA) is 38.1 Å². The SMILES string of the molecule is CSc1ccc(C(=O)CN2CCn3ccnc3C2)cc1. The van der Waals surface area contributed by atoms with Gasteiger partial charge < -0.3 is 4.57 Å². The van der Waals surface area contributed by atoms with E-state index in [1.165, 1.54) is 4.90 Å². The first-order valence-corrected chi connectivity index (χ1v) is 7.88. The Hall–Kier alpha value is -1.59. The number of hydrogen-bond acceptors (Lipinski definition) is 4. The van der Waals surface area contributed by atoms with Crippen LogP contribution in [0.4, 0.5) is 0 Å². The molecule has 0 spiro atoms. The number of Topliss-reactive ketones (excluding diaryl/α,β-unsaturated/α-hetero) is 1. The summed E-state index contributed by atoms with van der Waals surface area (Å²) in [5.74, 6) is 1.22. The van der Waals surface area contributed by atoms with Gasteiger partial charge in [-0.2, -0.15) is 0 Å². The van der Waals surface area contributed by atoms with Gasteiger partial charge >= 0.3 is 0 Å². The predicted octanol–water partition coefficient (Wildman–Crippen LogP) is 2.30. The third-order valence-electron chi connectivity index (χ3n) is 3.60. The van der Waals surface area contributed by atoms with E-state index in [0.717, 1.165) is 31.0 Å². The molecule has 1 aliphatic rings. The highest BCUT2D eigenvalue weighted by molar-refractivity contribution is 7.98. The summed E-state index contributed by atoms with van der Waals surface area (Å²) in [7, 11) is 0. The second-order valence-corrected chi connectivity index (χ2v) is 5.78. The van der Waals surface area contributed by atoms with E-state index < -0.39 is 0 Å². The van der Waals surface area contributed by atoms with Gasteiger partial charge in [-0.1, -0.05) is 12.1 Å². The van der Waals surface area contributed by atoms with Crippen molar-refractivity contribution >= 4 is 17.5 Å². The summed E-state index contributed by atoms with van der Waals surface area (Å²) >= 11 is 1.69. The highest BCUT2D eigenvalue weighted by Crippen LogP contribution is 2.16. The summed E-state index contributed by atoms with van der Waals surface area (Å²) in [5, 5.41) is 0. The predicted molar refractivity (Wildman–Crippen MR) is 80.1 cm³/mol. The van der Waals surface area contributed by atoms with Crippen LogP contribution in [0.1, 0.15) is 16.2 Å². The molecule has 2 heterocycles. The molecule has 0 atom stereocenters. The molecule has 0 saturated carbocycles. The summed E-state index contributed by atoms with van der Waals surface area (Å²) in [6.07, 6.45) is 5.85. The van der Waals surface area contributed by atoms with Crippen LogP contribution in [0.2, 0.25) is 0 Å². The first kappa shape index (κ1) is 13.4. The molecule has 0 amide bonds. The van der Waals surface area contributed by atoms with Crippen LogP contribution in [0.25, 0.3) is 0 Å². The van der Waals surface area contributed by atoms with Gasteiger partial charge in [0.2, 0.25) is 0 Å². The minimum atomic E-state index is 0.178. The maximum Gasteiger partial charge on any atom is 0.176 e. The number of aromatic nitrogens is 2. The number of nitrogens with zero attached hydrogens (tertiary/aromatic N) is 3. The minimum Gasteiger partial charge on any atom is -0.333 e. The Morgan fingerprint density at radius 1 is 1.30 bits per heavy atom. The normalized spacial score (nSPS) is 15.1. The monoisotopic (exact) mass is 287 g/mol. The standard InChI is InChI=1S/C15H17N3OS/c1-20-13-4-2-12(3-5-13)14(19)10-17-8-9-18-7-6-16-15(18)11-17/h2-7H,8-11H2,1H3. The molecule has 1 aromatic heterocycles. The minimum absolute atomic E-state index is 0.178. The van der Waals surface area contributed by atoms with E-state index in [4.69, 9.17) is 0 Å². The highest BCUT2D eigenvalue weighted by Gasteiger charge is 2.19. The largest absolute Gasteiger partial charge is 0.333 e. The van der Waals surface area contributed by atoms with Crippen molar-refractivity contribution in [3.8, 4) is 0 Å². The molecule has 20 heavy (non-hydrogen) atoms. The van der Waals surface area contributed by atoms with E-state index >= 15 is 0 Å². The highest BCUT2D eigenvalue weighted by atomic mass is 32.2. The maximum atomic E-state index is 12.3. The van der Waals surface area contributed by atoms with E-state index in [9.17, 15) is 4.79 Å². The molecule has 1 aromatic carbocycles. The summed E-state index contributed by atoms with van der Waals surface area (Å²) in [4.78, 5) is 19.9. The third-order valence-corrected chi connectivity index (χ3v) is 4.35. The van der Waals surface area contributed by atoms with Crippen molar-refractivity contribution in [2.75, 3.05) is 19.3 Å². The van der Waals surface area contributed by atoms with E-state index in [1.807, 2.05) is 42.9 Å². The zero-order valence-corrected chi connectivity index (χ0v) is 12.3. The fraction of sp³-hybridized carbons (Fsp3) is 0.333. The molecule has 5 heteroatoms. The van der Waals surface area contributed by atoms with E-state index in [0.29, 0.717) is 6.54 Å². The van der Waals surface area contributed by atoms with E-state index in [-0.39, 0.29) is 5.78 Å². The summed E-state index contributed by atoms with van der Waals surface area (Å²) in [6.45, 7) is 3.03. The molecule has 104 valence electrons. The van der Waals surface area contributed by atoms with Crippen molar-refractivity contribution in [2.24, 2.45) is 0 Å². The van der Waals surface area contributed by atoms with Gasteiger partial charge in [0.25, 0.3) is 0 Å². The molecule has 0 unspecified atom stereocenters. The van der Waals surface area contributed by atoms with Gasteiger partial charge in [-0.25, -0.2) is 4.98 Å². The van der Waals surface area contributed by atoms with E-state index in [2.05, 4.69) is 14.5 Å². The van der Waals surface area contributed by atoms with Crippen LogP contribution < -0.4 is 0 Å². The van der Waals surface area contributed by atoms with Crippen LogP contribution in [-0.4, -0.2) is 39.6 Å². The lowest BCUT2D eigenvalue weighted by atomic mass is 10.1. The number of carbonyl (C=O) groups excluding carboxylic acids is 1. The first-order valence-electron chi connectivity index (χ1n) is 6.66. The molecule has 0 bridgehead atoms. The van der Waals surface area contributed by atoms with Gasteiger partial charge in [0.05, 0.1) is 13.1 Å². The number of ketones is 1. The molecular weight excluding hydrogens is 270 g/mol. The number of carbonyl (C=O) groups is 1. The van der Waals surface area contributed by atoms with Gasteiger partial charge in [0.15, 0.2) is 5.78 Å². The number of rotatable bonds is 4. The molecule has 0 fully saturated rings. The second-order valence-electron chi connectivity index (χ2n) is 4.90. The third kappa shape index (κ3) is 2.78. The fourth-order valence-electron chi connectivity index (χ4n) is 2.43. The van der Waals surface area contributed by atoms with Gasteiger partial charge in [-0.05, 0) is 18.4 Å². The Morgan fingerprint density at radius 3 is 2.85 bits per heavy atom. The van der Waals surface area contributed by atoms with Crippen molar-refractivity contribution in [1.82, 2.24) is 14.5 Å². The number of benzene rings is 1. The number of fused-ring (bicyclic) bond motifs is 1. The Kier molecular flexibility index (Phi) is 3.89. The number of hydrogen-bond donors (Lipinski definition) is 0. The van der Waals surface area contributed by atoms with Crippen molar-refractivity contribution in [3.63, 3.8) is 0 Å². The lowest BCUT2D eigenvalue weighted by Crippen LogP contribution is -2.37. The van der Waals surface area contributed by atoms with Gasteiger partial charge in [-0.3, -0.25) is 9.69 Å². The van der Waals surface area contributed by atoms with Crippen LogP contribution in [0.3, 0.4) is 0 Å². The molecular formula is C15H17N3OS. The average molecular weight is 287 g/mol. The van der Waals surface area contributed by atoms with Crippen molar-refractivity contribution < 1.29 is 4.79 Å². The molecule has 0 aliphatic carbocycles. The van der Waals surface area contributed by atoms with Gasteiger partial charge in [-0.15, -0.1) is 11.8 Å². The number of imidazole rings is 1. The first-order chi connectivity index (χ1) is 9.76. The van der Waals surface area contributed by atoms with Crippen LogP contribution >= 0.6 is 11.8 Å². The van der Waals surface area contributed by atoms with Crippen LogP contribution in [0.15, 0.2) is 41.6 Å². The lowest BCUT2D eigenvalue weighted by molar-refractivity contribution is 0.0908. The van der Waals surface area contributed by atoms with Gasteiger partial charge in [0.1, 0.15) is 5.82 Å². The van der Waals surface area contributed by atoms with Crippen LogP contribution in [0.5, 0.6) is 0 Å². The molecule has 0 radical (unpaired) electrons. The molecule has 0 saturated heterocycles. The van der Waals surface area contributed by atoms with Crippen molar-refractivity contribution in [3.05, 3.63) is 48.0 Å². The molecule has 1 aliphatic heterocycles. The zero-order valence-electron chi connectivity index (χ0n) is 11.5. The zero-order chi connectivity index (χ0) is 13.9. The lowest BCUT2D eigenvalue weighted by Gasteiger charge is -2.26. The van der Waals surface area contributed by atoms with Crippen LogP contribution in [-0.2, 0) is 13.1 Å². The fourth-order valence-corrected chi connectivity index (χ4v) is 2.84. The molecule has 3 rings (SSSR count).